The van der Waals surface area contributed by atoms with Gasteiger partial charge in [-0.2, -0.15) is 4.31 Å². The van der Waals surface area contributed by atoms with Crippen LogP contribution in [0.4, 0.5) is 18.9 Å². The Hall–Kier alpha value is -2.59. The molecule has 1 aliphatic rings. The van der Waals surface area contributed by atoms with Gasteiger partial charge in [0.25, 0.3) is 0 Å². The van der Waals surface area contributed by atoms with Gasteiger partial charge in [0.2, 0.25) is 15.9 Å². The van der Waals surface area contributed by atoms with Crippen molar-refractivity contribution in [2.24, 2.45) is 5.92 Å². The van der Waals surface area contributed by atoms with Crippen molar-refractivity contribution in [3.8, 4) is 5.75 Å². The zero-order valence-corrected chi connectivity index (χ0v) is 16.3. The zero-order valence-electron chi connectivity index (χ0n) is 15.5. The third-order valence-electron chi connectivity index (χ3n) is 4.75. The molecule has 1 unspecified atom stereocenters. The first-order chi connectivity index (χ1) is 13.7. The maximum atomic E-state index is 13.8. The summed E-state index contributed by atoms with van der Waals surface area (Å²) in [5, 5.41) is 2.22. The second-order valence-corrected chi connectivity index (χ2v) is 8.53. The molecule has 1 fully saturated rings. The van der Waals surface area contributed by atoms with Gasteiger partial charge in [-0.3, -0.25) is 4.79 Å². The fourth-order valence-corrected chi connectivity index (χ4v) is 4.65. The van der Waals surface area contributed by atoms with Crippen molar-refractivity contribution in [2.75, 3.05) is 25.5 Å². The Morgan fingerprint density at radius 1 is 1.10 bits per heavy atom. The molecule has 1 heterocycles. The number of anilines is 1. The lowest BCUT2D eigenvalue weighted by molar-refractivity contribution is -0.120. The van der Waals surface area contributed by atoms with Gasteiger partial charge in [-0.15, -0.1) is 0 Å². The van der Waals surface area contributed by atoms with E-state index in [1.54, 1.807) is 0 Å². The number of ether oxygens (including phenoxy) is 1. The Kier molecular flexibility index (Phi) is 6.13. The molecule has 1 atom stereocenters. The Morgan fingerprint density at radius 2 is 1.79 bits per heavy atom. The predicted octanol–water partition coefficient (Wildman–Crippen LogP) is 3.15. The number of nitrogens with one attached hydrogen (secondary N) is 1. The summed E-state index contributed by atoms with van der Waals surface area (Å²) < 4.78 is 72.1. The summed E-state index contributed by atoms with van der Waals surface area (Å²) in [5.41, 5.74) is -0.496. The van der Waals surface area contributed by atoms with E-state index in [0.29, 0.717) is 24.7 Å². The average molecular weight is 428 g/mol. The SMILES string of the molecule is COc1ccc(S(=O)(=O)N2CCCC(C(=O)Nc3ccc(F)c(F)c3F)C2)cc1. The summed E-state index contributed by atoms with van der Waals surface area (Å²) in [7, 11) is -2.37. The molecule has 1 amide bonds. The van der Waals surface area contributed by atoms with Gasteiger partial charge in [0, 0.05) is 13.1 Å². The van der Waals surface area contributed by atoms with E-state index < -0.39 is 45.0 Å². The molecule has 0 spiro atoms. The minimum Gasteiger partial charge on any atom is -0.497 e. The number of amides is 1. The summed E-state index contributed by atoms with van der Waals surface area (Å²) in [5.74, 6) is -5.47. The van der Waals surface area contributed by atoms with Crippen LogP contribution in [-0.2, 0) is 14.8 Å². The highest BCUT2D eigenvalue weighted by atomic mass is 32.2. The van der Waals surface area contributed by atoms with Crippen LogP contribution in [0.25, 0.3) is 0 Å². The van der Waals surface area contributed by atoms with Crippen LogP contribution in [0, 0.1) is 23.4 Å². The summed E-state index contributed by atoms with van der Waals surface area (Å²) in [4.78, 5) is 12.5. The van der Waals surface area contributed by atoms with Gasteiger partial charge >= 0.3 is 0 Å². The van der Waals surface area contributed by atoms with Crippen molar-refractivity contribution in [3.05, 3.63) is 53.8 Å². The van der Waals surface area contributed by atoms with Crippen molar-refractivity contribution in [1.82, 2.24) is 4.31 Å². The summed E-state index contributed by atoms with van der Waals surface area (Å²) >= 11 is 0. The van der Waals surface area contributed by atoms with Gasteiger partial charge in [0.15, 0.2) is 17.5 Å². The van der Waals surface area contributed by atoms with Gasteiger partial charge < -0.3 is 10.1 Å². The maximum absolute atomic E-state index is 13.8. The van der Waals surface area contributed by atoms with Crippen molar-refractivity contribution >= 4 is 21.6 Å². The number of halogens is 3. The first-order valence-corrected chi connectivity index (χ1v) is 10.3. The van der Waals surface area contributed by atoms with Crippen LogP contribution in [0.5, 0.6) is 5.75 Å². The molecule has 10 heteroatoms. The minimum atomic E-state index is -3.83. The lowest BCUT2D eigenvalue weighted by Crippen LogP contribution is -2.43. The molecule has 156 valence electrons. The Bertz CT molecular complexity index is 1010. The minimum absolute atomic E-state index is 0.0611. The van der Waals surface area contributed by atoms with Crippen LogP contribution in [0.3, 0.4) is 0 Å². The van der Waals surface area contributed by atoms with Crippen molar-refractivity contribution in [2.45, 2.75) is 17.7 Å². The molecule has 29 heavy (non-hydrogen) atoms. The standard InChI is InChI=1S/C19H19F3N2O4S/c1-28-13-4-6-14(7-5-13)29(26,27)24-10-2-3-12(11-24)19(25)23-16-9-8-15(20)17(21)18(16)22/h4-9,12H,2-3,10-11H2,1H3,(H,23,25). The van der Waals surface area contributed by atoms with E-state index in [-0.39, 0.29) is 18.0 Å². The van der Waals surface area contributed by atoms with Gasteiger partial charge in [-0.05, 0) is 49.2 Å². The van der Waals surface area contributed by atoms with Crippen molar-refractivity contribution in [1.29, 1.82) is 0 Å². The van der Waals surface area contributed by atoms with E-state index in [2.05, 4.69) is 5.32 Å². The second-order valence-electron chi connectivity index (χ2n) is 6.59. The quantitative estimate of drug-likeness (QED) is 0.743. The first-order valence-electron chi connectivity index (χ1n) is 8.82. The molecule has 0 radical (unpaired) electrons. The van der Waals surface area contributed by atoms with E-state index in [9.17, 15) is 26.4 Å². The van der Waals surface area contributed by atoms with E-state index in [1.165, 1.54) is 35.7 Å². The van der Waals surface area contributed by atoms with E-state index in [4.69, 9.17) is 4.74 Å². The van der Waals surface area contributed by atoms with Crippen LogP contribution < -0.4 is 10.1 Å². The summed E-state index contributed by atoms with van der Waals surface area (Å²) in [6.07, 6.45) is 0.805. The molecule has 2 aromatic rings. The Balaban J connectivity index is 1.74. The van der Waals surface area contributed by atoms with Crippen LogP contribution in [-0.4, -0.2) is 38.8 Å². The molecule has 0 aromatic heterocycles. The molecule has 0 bridgehead atoms. The maximum Gasteiger partial charge on any atom is 0.243 e. The van der Waals surface area contributed by atoms with Crippen LogP contribution in [0.2, 0.25) is 0 Å². The zero-order chi connectivity index (χ0) is 21.2. The number of hydrogen-bond acceptors (Lipinski definition) is 4. The lowest BCUT2D eigenvalue weighted by atomic mass is 9.98. The molecule has 3 rings (SSSR count). The largest absolute Gasteiger partial charge is 0.497 e. The predicted molar refractivity (Wildman–Crippen MR) is 99.4 cm³/mol. The van der Waals surface area contributed by atoms with Gasteiger partial charge in [0.1, 0.15) is 5.75 Å². The van der Waals surface area contributed by atoms with Crippen LogP contribution in [0.15, 0.2) is 41.3 Å². The molecule has 2 aromatic carbocycles. The number of sulfonamides is 1. The third-order valence-corrected chi connectivity index (χ3v) is 6.62. The molecule has 0 saturated carbocycles. The summed E-state index contributed by atoms with van der Waals surface area (Å²) in [6, 6.07) is 7.48. The number of methoxy groups -OCH3 is 1. The highest BCUT2D eigenvalue weighted by molar-refractivity contribution is 7.89. The fourth-order valence-electron chi connectivity index (χ4n) is 3.13. The van der Waals surface area contributed by atoms with E-state index >= 15 is 0 Å². The van der Waals surface area contributed by atoms with Gasteiger partial charge in [-0.25, -0.2) is 21.6 Å². The number of carbonyl (C=O) groups excluding carboxylic acids is 1. The first kappa shape index (κ1) is 21.1. The van der Waals surface area contributed by atoms with Crippen molar-refractivity contribution in [3.63, 3.8) is 0 Å². The second kappa shape index (κ2) is 8.42. The number of piperidine rings is 1. The highest BCUT2D eigenvalue weighted by Crippen LogP contribution is 2.27. The van der Waals surface area contributed by atoms with Gasteiger partial charge in [0.05, 0.1) is 23.6 Å². The number of hydrogen-bond donors (Lipinski definition) is 1. The number of benzene rings is 2. The van der Waals surface area contributed by atoms with Crippen molar-refractivity contribution < 1.29 is 31.1 Å². The fraction of sp³-hybridized carbons (Fsp3) is 0.316. The molecule has 1 aliphatic heterocycles. The monoisotopic (exact) mass is 428 g/mol. The summed E-state index contributed by atoms with van der Waals surface area (Å²) in [6.45, 7) is 0.128. The smallest absolute Gasteiger partial charge is 0.243 e. The Labute approximate surface area is 166 Å². The molecular weight excluding hydrogens is 409 g/mol. The average Bonchev–Trinajstić information content (AvgIpc) is 2.74. The third kappa shape index (κ3) is 4.38. The normalized spacial score (nSPS) is 17.7. The van der Waals surface area contributed by atoms with Gasteiger partial charge in [-0.1, -0.05) is 0 Å². The van der Waals surface area contributed by atoms with Crippen LogP contribution in [0.1, 0.15) is 12.8 Å². The number of nitrogens with zero attached hydrogens (tertiary/aromatic N) is 1. The number of carbonyl (C=O) groups is 1. The van der Waals surface area contributed by atoms with E-state index in [1.807, 2.05) is 0 Å². The molecule has 1 N–H and O–H groups in total. The van der Waals surface area contributed by atoms with E-state index in [0.717, 1.165) is 6.07 Å². The molecular formula is C19H19F3N2O4S. The topological polar surface area (TPSA) is 75.7 Å². The molecule has 6 nitrogen and oxygen atoms in total. The molecule has 0 aliphatic carbocycles. The number of rotatable bonds is 5. The lowest BCUT2D eigenvalue weighted by Gasteiger charge is -2.31. The highest BCUT2D eigenvalue weighted by Gasteiger charge is 2.33. The molecule has 1 saturated heterocycles. The Morgan fingerprint density at radius 3 is 2.45 bits per heavy atom. The van der Waals surface area contributed by atoms with Crippen LogP contribution >= 0.6 is 0 Å².